The molecule has 2 atom stereocenters. The van der Waals surface area contributed by atoms with E-state index in [1.165, 1.54) is 0 Å². The average molecular weight is 499 g/mol. The molecular weight excluding hydrogens is 468 g/mol. The number of carbonyl (C=O) groups excluding carboxylic acids is 3. The SMILES string of the molecule is CC1(C(Cc2ccccc2)OC(=O)OC(Cc2ccccc2)C2(C)COC(=O)OC2)COC(=O)OC1. The van der Waals surface area contributed by atoms with E-state index in [0.29, 0.717) is 12.8 Å². The molecule has 2 aliphatic rings. The fraction of sp³-hybridized carbons (Fsp3) is 0.444. The van der Waals surface area contributed by atoms with Crippen molar-refractivity contribution in [3.63, 3.8) is 0 Å². The van der Waals surface area contributed by atoms with E-state index >= 15 is 0 Å². The first-order valence-electron chi connectivity index (χ1n) is 11.8. The lowest BCUT2D eigenvalue weighted by Gasteiger charge is -2.40. The first kappa shape index (κ1) is 25.3. The van der Waals surface area contributed by atoms with E-state index in [9.17, 15) is 14.4 Å². The van der Waals surface area contributed by atoms with Gasteiger partial charge in [0.25, 0.3) is 0 Å². The molecule has 0 amide bonds. The Balaban J connectivity index is 1.52. The lowest BCUT2D eigenvalue weighted by atomic mass is 9.82. The van der Waals surface area contributed by atoms with Crippen molar-refractivity contribution in [1.29, 1.82) is 0 Å². The molecule has 0 radical (unpaired) electrons. The fourth-order valence-electron chi connectivity index (χ4n) is 4.21. The zero-order chi connectivity index (χ0) is 25.6. The van der Waals surface area contributed by atoms with Crippen LogP contribution in [-0.2, 0) is 41.3 Å². The van der Waals surface area contributed by atoms with E-state index in [1.54, 1.807) is 0 Å². The highest BCUT2D eigenvalue weighted by atomic mass is 16.8. The molecular formula is C27H30O9. The number of benzene rings is 2. The summed E-state index contributed by atoms with van der Waals surface area (Å²) in [4.78, 5) is 36.2. The summed E-state index contributed by atoms with van der Waals surface area (Å²) in [7, 11) is 0. The fourth-order valence-corrected chi connectivity index (χ4v) is 4.21. The summed E-state index contributed by atoms with van der Waals surface area (Å²) in [6, 6.07) is 19.1. The molecule has 0 spiro atoms. The van der Waals surface area contributed by atoms with E-state index in [1.807, 2.05) is 74.5 Å². The van der Waals surface area contributed by atoms with Gasteiger partial charge >= 0.3 is 18.5 Å². The van der Waals surface area contributed by atoms with Crippen LogP contribution in [-0.4, -0.2) is 57.1 Å². The zero-order valence-corrected chi connectivity index (χ0v) is 20.3. The number of rotatable bonds is 8. The van der Waals surface area contributed by atoms with Crippen molar-refractivity contribution in [2.45, 2.75) is 38.9 Å². The van der Waals surface area contributed by atoms with Gasteiger partial charge in [0.05, 0.1) is 10.8 Å². The average Bonchev–Trinajstić information content (AvgIpc) is 2.88. The summed E-state index contributed by atoms with van der Waals surface area (Å²) < 4.78 is 32.2. The maximum Gasteiger partial charge on any atom is 0.508 e. The van der Waals surface area contributed by atoms with Gasteiger partial charge in [-0.15, -0.1) is 0 Å². The van der Waals surface area contributed by atoms with Gasteiger partial charge in [-0.25, -0.2) is 14.4 Å². The Morgan fingerprint density at radius 3 is 1.36 bits per heavy atom. The summed E-state index contributed by atoms with van der Waals surface area (Å²) in [6.07, 6.45) is -3.05. The summed E-state index contributed by atoms with van der Waals surface area (Å²) in [6.45, 7) is 3.79. The molecule has 2 unspecified atom stereocenters. The molecule has 0 N–H and O–H groups in total. The van der Waals surface area contributed by atoms with E-state index in [-0.39, 0.29) is 26.4 Å². The number of cyclic esters (lactones) is 4. The Kier molecular flexibility index (Phi) is 7.67. The molecule has 0 saturated carbocycles. The minimum atomic E-state index is -0.881. The molecule has 0 aromatic heterocycles. The maximum absolute atomic E-state index is 13.2. The number of ether oxygens (including phenoxy) is 6. The lowest BCUT2D eigenvalue weighted by Crippen LogP contribution is -2.51. The molecule has 2 heterocycles. The van der Waals surface area contributed by atoms with Crippen molar-refractivity contribution in [2.24, 2.45) is 10.8 Å². The molecule has 2 aromatic rings. The minimum Gasteiger partial charge on any atom is -0.433 e. The topological polar surface area (TPSA) is 107 Å². The number of hydrogen-bond acceptors (Lipinski definition) is 9. The second-order valence-electron chi connectivity index (χ2n) is 9.81. The highest BCUT2D eigenvalue weighted by molar-refractivity contribution is 5.62. The smallest absolute Gasteiger partial charge is 0.433 e. The Labute approximate surface area is 209 Å². The Bertz CT molecular complexity index is 950. The lowest BCUT2D eigenvalue weighted by molar-refractivity contribution is -0.137. The normalized spacial score (nSPS) is 19.9. The van der Waals surface area contributed by atoms with Crippen molar-refractivity contribution in [3.8, 4) is 0 Å². The monoisotopic (exact) mass is 498 g/mol. The standard InChI is InChI=1S/C27H30O9/c1-26(15-31-23(28)32-16-26)21(13-19-9-5-3-6-10-19)35-25(30)36-22(14-20-11-7-4-8-12-20)27(2)17-33-24(29)34-18-27/h3-12,21-22H,13-18H2,1-2H3. The summed E-state index contributed by atoms with van der Waals surface area (Å²) in [5.74, 6) is 0. The molecule has 0 aliphatic carbocycles. The van der Waals surface area contributed by atoms with Crippen molar-refractivity contribution in [2.75, 3.05) is 26.4 Å². The van der Waals surface area contributed by atoms with Crippen LogP contribution in [0.15, 0.2) is 60.7 Å². The molecule has 36 heavy (non-hydrogen) atoms. The van der Waals surface area contributed by atoms with E-state index in [2.05, 4.69) is 0 Å². The van der Waals surface area contributed by atoms with Gasteiger partial charge < -0.3 is 28.4 Å². The van der Waals surface area contributed by atoms with Crippen LogP contribution in [0.25, 0.3) is 0 Å². The van der Waals surface area contributed by atoms with Gasteiger partial charge in [0.15, 0.2) is 0 Å². The van der Waals surface area contributed by atoms with Gasteiger partial charge in [-0.2, -0.15) is 0 Å². The Morgan fingerprint density at radius 2 is 1.03 bits per heavy atom. The Hall–Kier alpha value is -3.75. The maximum atomic E-state index is 13.2. The highest BCUT2D eigenvalue weighted by Gasteiger charge is 2.46. The van der Waals surface area contributed by atoms with Crippen molar-refractivity contribution < 1.29 is 42.8 Å². The molecule has 9 heteroatoms. The molecule has 192 valence electrons. The van der Waals surface area contributed by atoms with E-state index < -0.39 is 41.5 Å². The number of carbonyl (C=O) groups is 3. The summed E-state index contributed by atoms with van der Waals surface area (Å²) >= 11 is 0. The van der Waals surface area contributed by atoms with Crippen LogP contribution in [0, 0.1) is 10.8 Å². The van der Waals surface area contributed by atoms with Crippen molar-refractivity contribution >= 4 is 18.5 Å². The quantitative estimate of drug-likeness (QED) is 0.378. The third kappa shape index (κ3) is 6.27. The van der Waals surface area contributed by atoms with Crippen LogP contribution in [0.4, 0.5) is 14.4 Å². The number of hydrogen-bond donors (Lipinski definition) is 0. The predicted molar refractivity (Wildman–Crippen MR) is 126 cm³/mol. The largest absolute Gasteiger partial charge is 0.508 e. The van der Waals surface area contributed by atoms with Crippen molar-refractivity contribution in [3.05, 3.63) is 71.8 Å². The van der Waals surface area contributed by atoms with Gasteiger partial charge in [-0.3, -0.25) is 0 Å². The first-order valence-corrected chi connectivity index (χ1v) is 11.8. The Morgan fingerprint density at radius 1 is 0.694 bits per heavy atom. The van der Waals surface area contributed by atoms with Crippen LogP contribution in [0.2, 0.25) is 0 Å². The summed E-state index contributed by atoms with van der Waals surface area (Å²) in [5.41, 5.74) is 0.304. The van der Waals surface area contributed by atoms with Crippen LogP contribution in [0.5, 0.6) is 0 Å². The molecule has 4 rings (SSSR count). The first-order chi connectivity index (χ1) is 17.3. The van der Waals surface area contributed by atoms with Gasteiger partial charge in [0.1, 0.15) is 38.6 Å². The van der Waals surface area contributed by atoms with Gasteiger partial charge in [-0.05, 0) is 25.0 Å². The van der Waals surface area contributed by atoms with Crippen LogP contribution < -0.4 is 0 Å². The molecule has 9 nitrogen and oxygen atoms in total. The summed E-state index contributed by atoms with van der Waals surface area (Å²) in [5, 5.41) is 0. The van der Waals surface area contributed by atoms with Gasteiger partial charge in [0.2, 0.25) is 0 Å². The van der Waals surface area contributed by atoms with E-state index in [4.69, 9.17) is 28.4 Å². The molecule has 0 bridgehead atoms. The third-order valence-electron chi connectivity index (χ3n) is 6.64. The second-order valence-corrected chi connectivity index (χ2v) is 9.81. The molecule has 2 aromatic carbocycles. The predicted octanol–water partition coefficient (Wildman–Crippen LogP) is 4.71. The second kappa shape index (κ2) is 10.9. The van der Waals surface area contributed by atoms with Gasteiger partial charge in [-0.1, -0.05) is 60.7 Å². The van der Waals surface area contributed by atoms with E-state index in [0.717, 1.165) is 11.1 Å². The molecule has 2 aliphatic heterocycles. The van der Waals surface area contributed by atoms with Crippen LogP contribution in [0.1, 0.15) is 25.0 Å². The van der Waals surface area contributed by atoms with Crippen LogP contribution in [0.3, 0.4) is 0 Å². The van der Waals surface area contributed by atoms with Gasteiger partial charge in [0, 0.05) is 12.8 Å². The molecule has 2 saturated heterocycles. The molecule has 2 fully saturated rings. The van der Waals surface area contributed by atoms with Crippen LogP contribution >= 0.6 is 0 Å². The minimum absolute atomic E-state index is 0.0333. The zero-order valence-electron chi connectivity index (χ0n) is 20.3. The highest BCUT2D eigenvalue weighted by Crippen LogP contribution is 2.34. The third-order valence-corrected chi connectivity index (χ3v) is 6.64. The van der Waals surface area contributed by atoms with Crippen molar-refractivity contribution in [1.82, 2.24) is 0 Å².